The molecule has 0 spiro atoms. The molecule has 1 amide bonds. The monoisotopic (exact) mass is 474 g/mol. The van der Waals surface area contributed by atoms with Crippen LogP contribution in [0.15, 0.2) is 46.9 Å². The van der Waals surface area contributed by atoms with Gasteiger partial charge in [0.05, 0.1) is 23.1 Å². The van der Waals surface area contributed by atoms with Gasteiger partial charge in [0.1, 0.15) is 12.3 Å². The molecule has 0 bridgehead atoms. The van der Waals surface area contributed by atoms with Crippen molar-refractivity contribution in [1.29, 1.82) is 0 Å². The van der Waals surface area contributed by atoms with E-state index in [9.17, 15) is 13.2 Å². The number of hydrogen-bond acceptors (Lipinski definition) is 4. The van der Waals surface area contributed by atoms with Crippen molar-refractivity contribution >= 4 is 54.8 Å². The molecule has 2 rings (SSSR count). The van der Waals surface area contributed by atoms with Crippen LogP contribution in [0.4, 0.5) is 11.4 Å². The number of hydrogen-bond donors (Lipinski definition) is 1. The molecule has 0 aliphatic carbocycles. The summed E-state index contributed by atoms with van der Waals surface area (Å²) >= 11 is 9.28. The number of ether oxygens (including phenoxy) is 1. The number of amides is 1. The predicted molar refractivity (Wildman–Crippen MR) is 112 cm³/mol. The maximum atomic E-state index is 12.4. The summed E-state index contributed by atoms with van der Waals surface area (Å²) in [4.78, 5) is 12.4. The molecule has 9 heteroatoms. The molecule has 2 aromatic carbocycles. The predicted octanol–water partition coefficient (Wildman–Crippen LogP) is 4.29. The smallest absolute Gasteiger partial charge is 0.245 e. The van der Waals surface area contributed by atoms with E-state index in [2.05, 4.69) is 21.2 Å². The van der Waals surface area contributed by atoms with Crippen LogP contribution in [0.1, 0.15) is 13.8 Å². The summed E-state index contributed by atoms with van der Waals surface area (Å²) in [6.45, 7) is 3.43. The quantitative estimate of drug-likeness (QED) is 0.648. The van der Waals surface area contributed by atoms with Gasteiger partial charge >= 0.3 is 0 Å². The highest BCUT2D eigenvalue weighted by Gasteiger charge is 2.21. The molecule has 0 aliphatic heterocycles. The van der Waals surface area contributed by atoms with Gasteiger partial charge in [0, 0.05) is 10.2 Å². The lowest BCUT2D eigenvalue weighted by Gasteiger charge is -2.22. The van der Waals surface area contributed by atoms with Gasteiger partial charge in [-0.3, -0.25) is 9.10 Å². The van der Waals surface area contributed by atoms with Crippen molar-refractivity contribution in [3.8, 4) is 5.75 Å². The van der Waals surface area contributed by atoms with Crippen molar-refractivity contribution < 1.29 is 17.9 Å². The SMILES string of the molecule is CC(C)Oc1ccc(N(CC(=O)Nc2ccc(Br)c(Cl)c2)S(C)(=O)=O)cc1. The average Bonchev–Trinajstić information content (AvgIpc) is 2.55. The summed E-state index contributed by atoms with van der Waals surface area (Å²) < 4.78 is 31.6. The highest BCUT2D eigenvalue weighted by Crippen LogP contribution is 2.26. The van der Waals surface area contributed by atoms with Gasteiger partial charge in [-0.2, -0.15) is 0 Å². The van der Waals surface area contributed by atoms with Crippen molar-refractivity contribution in [2.24, 2.45) is 0 Å². The Labute approximate surface area is 172 Å². The normalized spacial score (nSPS) is 11.3. The number of benzene rings is 2. The molecule has 0 aliphatic rings. The third-order valence-electron chi connectivity index (χ3n) is 3.39. The minimum Gasteiger partial charge on any atom is -0.491 e. The van der Waals surface area contributed by atoms with Gasteiger partial charge in [-0.1, -0.05) is 11.6 Å². The van der Waals surface area contributed by atoms with E-state index in [0.29, 0.717) is 26.6 Å². The molecule has 0 unspecified atom stereocenters. The zero-order valence-electron chi connectivity index (χ0n) is 15.1. The van der Waals surface area contributed by atoms with Crippen molar-refractivity contribution in [1.82, 2.24) is 0 Å². The van der Waals surface area contributed by atoms with Crippen molar-refractivity contribution in [3.05, 3.63) is 52.0 Å². The Morgan fingerprint density at radius 3 is 2.37 bits per heavy atom. The first-order valence-electron chi connectivity index (χ1n) is 8.05. The lowest BCUT2D eigenvalue weighted by molar-refractivity contribution is -0.114. The molecule has 0 heterocycles. The summed E-state index contributed by atoms with van der Waals surface area (Å²) in [7, 11) is -3.66. The van der Waals surface area contributed by atoms with E-state index < -0.39 is 15.9 Å². The summed E-state index contributed by atoms with van der Waals surface area (Å²) in [6.07, 6.45) is 1.06. The molecule has 0 radical (unpaired) electrons. The minimum atomic E-state index is -3.66. The first kappa shape index (κ1) is 21.5. The molecule has 27 heavy (non-hydrogen) atoms. The fraction of sp³-hybridized carbons (Fsp3) is 0.278. The maximum absolute atomic E-state index is 12.4. The largest absolute Gasteiger partial charge is 0.491 e. The van der Waals surface area contributed by atoms with Gasteiger partial charge in [-0.25, -0.2) is 8.42 Å². The Balaban J connectivity index is 2.16. The lowest BCUT2D eigenvalue weighted by atomic mass is 10.3. The Morgan fingerprint density at radius 1 is 1.22 bits per heavy atom. The van der Waals surface area contributed by atoms with Crippen LogP contribution >= 0.6 is 27.5 Å². The van der Waals surface area contributed by atoms with E-state index in [0.717, 1.165) is 10.6 Å². The van der Waals surface area contributed by atoms with Crippen LogP contribution in [0.2, 0.25) is 5.02 Å². The van der Waals surface area contributed by atoms with Gasteiger partial charge in [-0.15, -0.1) is 0 Å². The Kier molecular flexibility index (Phi) is 7.13. The molecule has 0 fully saturated rings. The van der Waals surface area contributed by atoms with Crippen LogP contribution in [-0.4, -0.2) is 33.2 Å². The van der Waals surface area contributed by atoms with Gasteiger partial charge in [0.2, 0.25) is 15.9 Å². The van der Waals surface area contributed by atoms with Crippen LogP contribution in [-0.2, 0) is 14.8 Å². The third kappa shape index (κ3) is 6.41. The summed E-state index contributed by atoms with van der Waals surface area (Å²) in [5.74, 6) is 0.137. The summed E-state index contributed by atoms with van der Waals surface area (Å²) in [5, 5.41) is 3.08. The van der Waals surface area contributed by atoms with E-state index in [4.69, 9.17) is 16.3 Å². The molecule has 146 valence electrons. The second-order valence-electron chi connectivity index (χ2n) is 6.11. The number of sulfonamides is 1. The number of nitrogens with one attached hydrogen (secondary N) is 1. The molecular formula is C18H20BrClN2O4S. The van der Waals surface area contributed by atoms with E-state index >= 15 is 0 Å². The van der Waals surface area contributed by atoms with Gasteiger partial charge < -0.3 is 10.1 Å². The third-order valence-corrected chi connectivity index (χ3v) is 5.76. The average molecular weight is 476 g/mol. The molecule has 0 aromatic heterocycles. The first-order valence-corrected chi connectivity index (χ1v) is 11.1. The fourth-order valence-corrected chi connectivity index (χ4v) is 3.55. The Hall–Kier alpha value is -1.77. The molecule has 2 aromatic rings. The number of anilines is 2. The number of rotatable bonds is 7. The second-order valence-corrected chi connectivity index (χ2v) is 9.28. The van der Waals surface area contributed by atoms with E-state index in [1.165, 1.54) is 0 Å². The minimum absolute atomic E-state index is 0.00497. The number of carbonyl (C=O) groups excluding carboxylic acids is 1. The molecule has 1 N–H and O–H groups in total. The highest BCUT2D eigenvalue weighted by atomic mass is 79.9. The molecule has 0 saturated heterocycles. The van der Waals surface area contributed by atoms with Crippen molar-refractivity contribution in [2.45, 2.75) is 20.0 Å². The standard InChI is InChI=1S/C18H20BrClN2O4S/c1-12(2)26-15-7-5-14(6-8-15)22(27(3,24)25)11-18(23)21-13-4-9-16(19)17(20)10-13/h4-10,12H,11H2,1-3H3,(H,21,23). The van der Waals surface area contributed by atoms with E-state index in [-0.39, 0.29) is 12.6 Å². The van der Waals surface area contributed by atoms with Crippen LogP contribution in [0.3, 0.4) is 0 Å². The second kappa shape index (κ2) is 8.95. The van der Waals surface area contributed by atoms with Gasteiger partial charge in [0.15, 0.2) is 0 Å². The number of nitrogens with zero attached hydrogens (tertiary/aromatic N) is 1. The topological polar surface area (TPSA) is 75.7 Å². The zero-order valence-corrected chi connectivity index (χ0v) is 18.2. The van der Waals surface area contributed by atoms with E-state index in [1.807, 2.05) is 13.8 Å². The summed E-state index contributed by atoms with van der Waals surface area (Å²) in [6, 6.07) is 11.5. The highest BCUT2D eigenvalue weighted by molar-refractivity contribution is 9.10. The van der Waals surface area contributed by atoms with Crippen molar-refractivity contribution in [2.75, 3.05) is 22.4 Å². The van der Waals surface area contributed by atoms with Crippen molar-refractivity contribution in [3.63, 3.8) is 0 Å². The zero-order chi connectivity index (χ0) is 20.2. The molecule has 6 nitrogen and oxygen atoms in total. The lowest BCUT2D eigenvalue weighted by Crippen LogP contribution is -2.37. The van der Waals surface area contributed by atoms with E-state index in [1.54, 1.807) is 42.5 Å². The number of halogens is 2. The molecular weight excluding hydrogens is 456 g/mol. The van der Waals surface area contributed by atoms with Gasteiger partial charge in [0.25, 0.3) is 0 Å². The summed E-state index contributed by atoms with van der Waals surface area (Å²) in [5.41, 5.74) is 0.847. The van der Waals surface area contributed by atoms with Crippen LogP contribution in [0, 0.1) is 0 Å². The first-order chi connectivity index (χ1) is 12.6. The van der Waals surface area contributed by atoms with Crippen LogP contribution in [0.5, 0.6) is 5.75 Å². The molecule has 0 atom stereocenters. The van der Waals surface area contributed by atoms with Crippen LogP contribution in [0.25, 0.3) is 0 Å². The molecule has 0 saturated carbocycles. The van der Waals surface area contributed by atoms with Gasteiger partial charge in [-0.05, 0) is 72.2 Å². The Morgan fingerprint density at radius 2 is 1.85 bits per heavy atom. The van der Waals surface area contributed by atoms with Crippen LogP contribution < -0.4 is 14.4 Å². The Bertz CT molecular complexity index is 917. The number of carbonyl (C=O) groups is 1. The maximum Gasteiger partial charge on any atom is 0.245 e. The fourth-order valence-electron chi connectivity index (χ4n) is 2.27.